The normalized spacial score (nSPS) is 14.0. The van der Waals surface area contributed by atoms with Crippen LogP contribution >= 0.6 is 0 Å². The lowest BCUT2D eigenvalue weighted by molar-refractivity contribution is -0.0561. The summed E-state index contributed by atoms with van der Waals surface area (Å²) in [4.78, 5) is 0. The lowest BCUT2D eigenvalue weighted by Crippen LogP contribution is -2.25. The van der Waals surface area contributed by atoms with E-state index in [4.69, 9.17) is 0 Å². The molecular formula is C13H26F2. The zero-order chi connectivity index (χ0) is 12.3. The van der Waals surface area contributed by atoms with Gasteiger partial charge in [-0.15, -0.1) is 0 Å². The van der Waals surface area contributed by atoms with Crippen molar-refractivity contribution in [3.8, 4) is 0 Å². The summed E-state index contributed by atoms with van der Waals surface area (Å²) >= 11 is 0. The molecule has 0 aromatic rings. The second kappa shape index (κ2) is 5.27. The van der Waals surface area contributed by atoms with Gasteiger partial charge in [-0.25, -0.2) is 8.78 Å². The Hall–Kier alpha value is -0.140. The van der Waals surface area contributed by atoms with E-state index in [0.717, 1.165) is 6.42 Å². The van der Waals surface area contributed by atoms with Crippen LogP contribution in [0.5, 0.6) is 0 Å². The summed E-state index contributed by atoms with van der Waals surface area (Å²) in [5.74, 6) is -2.49. The van der Waals surface area contributed by atoms with Crippen LogP contribution in [0.2, 0.25) is 0 Å². The minimum atomic E-state index is -2.49. The lowest BCUT2D eigenvalue weighted by atomic mass is 9.76. The van der Waals surface area contributed by atoms with E-state index in [2.05, 4.69) is 27.7 Å². The third-order valence-corrected chi connectivity index (χ3v) is 3.74. The summed E-state index contributed by atoms with van der Waals surface area (Å²) in [6.07, 6.45) is 1.53. The summed E-state index contributed by atoms with van der Waals surface area (Å²) < 4.78 is 26.6. The molecule has 0 aliphatic carbocycles. The van der Waals surface area contributed by atoms with Crippen molar-refractivity contribution in [3.63, 3.8) is 0 Å². The zero-order valence-electron chi connectivity index (χ0n) is 11.0. The average Bonchev–Trinajstić information content (AvgIpc) is 2.02. The van der Waals surface area contributed by atoms with Gasteiger partial charge in [-0.2, -0.15) is 0 Å². The van der Waals surface area contributed by atoms with Gasteiger partial charge in [0.05, 0.1) is 0 Å². The van der Waals surface area contributed by atoms with Gasteiger partial charge in [-0.3, -0.25) is 0 Å². The van der Waals surface area contributed by atoms with Gasteiger partial charge in [0, 0.05) is 12.3 Å². The van der Waals surface area contributed by atoms with Gasteiger partial charge in [0.25, 0.3) is 0 Å². The molecule has 0 radical (unpaired) electrons. The lowest BCUT2D eigenvalue weighted by Gasteiger charge is -2.30. The SMILES string of the molecule is CC(C)C(C)(C)CCCC(F)(F)C(C)C. The molecule has 0 aliphatic heterocycles. The maximum atomic E-state index is 13.3. The molecule has 92 valence electrons. The van der Waals surface area contributed by atoms with Gasteiger partial charge in [0.15, 0.2) is 0 Å². The third kappa shape index (κ3) is 4.94. The Balaban J connectivity index is 4.00. The first-order valence-corrected chi connectivity index (χ1v) is 5.97. The summed E-state index contributed by atoms with van der Waals surface area (Å²) in [6, 6.07) is 0. The van der Waals surface area contributed by atoms with Crippen molar-refractivity contribution in [3.05, 3.63) is 0 Å². The second-order valence-corrected chi connectivity index (χ2v) is 5.91. The van der Waals surface area contributed by atoms with E-state index in [1.165, 1.54) is 0 Å². The van der Waals surface area contributed by atoms with Crippen LogP contribution in [0.3, 0.4) is 0 Å². The molecule has 0 spiro atoms. The molecule has 0 heterocycles. The largest absolute Gasteiger partial charge is 0.250 e. The second-order valence-electron chi connectivity index (χ2n) is 5.91. The number of alkyl halides is 2. The Kier molecular flexibility index (Phi) is 5.22. The fourth-order valence-corrected chi connectivity index (χ4v) is 1.36. The highest BCUT2D eigenvalue weighted by atomic mass is 19.3. The molecule has 0 aromatic carbocycles. The molecule has 0 aromatic heterocycles. The Morgan fingerprint density at radius 3 is 1.67 bits per heavy atom. The summed E-state index contributed by atoms with van der Waals surface area (Å²) in [5.41, 5.74) is 0.174. The molecule has 0 N–H and O–H groups in total. The highest BCUT2D eigenvalue weighted by Crippen LogP contribution is 2.35. The van der Waals surface area contributed by atoms with Gasteiger partial charge in [-0.1, -0.05) is 41.5 Å². The van der Waals surface area contributed by atoms with Gasteiger partial charge < -0.3 is 0 Å². The van der Waals surface area contributed by atoms with Crippen LogP contribution in [-0.2, 0) is 0 Å². The number of halogens is 2. The topological polar surface area (TPSA) is 0 Å². The van der Waals surface area contributed by atoms with Crippen molar-refractivity contribution in [2.45, 2.75) is 66.7 Å². The molecule has 2 heteroatoms. The van der Waals surface area contributed by atoms with Gasteiger partial charge in [0.2, 0.25) is 5.92 Å². The average molecular weight is 220 g/mol. The summed E-state index contributed by atoms with van der Waals surface area (Å²) in [7, 11) is 0. The molecule has 0 bridgehead atoms. The molecule has 0 fully saturated rings. The summed E-state index contributed by atoms with van der Waals surface area (Å²) in [5, 5.41) is 0. The number of hydrogen-bond acceptors (Lipinski definition) is 0. The van der Waals surface area contributed by atoms with E-state index >= 15 is 0 Å². The van der Waals surface area contributed by atoms with Crippen LogP contribution in [0.1, 0.15) is 60.8 Å². The van der Waals surface area contributed by atoms with E-state index in [0.29, 0.717) is 12.3 Å². The minimum Gasteiger partial charge on any atom is -0.207 e. The first-order valence-electron chi connectivity index (χ1n) is 5.97. The molecule has 0 saturated carbocycles. The Morgan fingerprint density at radius 1 is 0.867 bits per heavy atom. The maximum Gasteiger partial charge on any atom is 0.250 e. The predicted octanol–water partition coefficient (Wildman–Crippen LogP) is 5.13. The third-order valence-electron chi connectivity index (χ3n) is 3.74. The molecular weight excluding hydrogens is 194 g/mol. The van der Waals surface area contributed by atoms with Crippen LogP contribution in [0.4, 0.5) is 8.78 Å². The molecule has 0 nitrogen and oxygen atoms in total. The Bertz CT molecular complexity index is 161. The fourth-order valence-electron chi connectivity index (χ4n) is 1.36. The molecule has 15 heavy (non-hydrogen) atoms. The van der Waals surface area contributed by atoms with Gasteiger partial charge in [-0.05, 0) is 24.2 Å². The number of hydrogen-bond donors (Lipinski definition) is 0. The molecule has 0 saturated heterocycles. The molecule has 0 atom stereocenters. The molecule has 0 aliphatic rings. The van der Waals surface area contributed by atoms with E-state index in [1.54, 1.807) is 13.8 Å². The number of rotatable bonds is 6. The highest BCUT2D eigenvalue weighted by Gasteiger charge is 2.33. The maximum absolute atomic E-state index is 13.3. The van der Waals surface area contributed by atoms with Crippen LogP contribution in [-0.4, -0.2) is 5.92 Å². The van der Waals surface area contributed by atoms with Crippen molar-refractivity contribution in [1.29, 1.82) is 0 Å². The van der Waals surface area contributed by atoms with Crippen LogP contribution in [0.15, 0.2) is 0 Å². The Labute approximate surface area is 93.4 Å². The van der Waals surface area contributed by atoms with Crippen LogP contribution in [0.25, 0.3) is 0 Å². The van der Waals surface area contributed by atoms with Crippen molar-refractivity contribution in [1.82, 2.24) is 0 Å². The van der Waals surface area contributed by atoms with E-state index in [1.807, 2.05) is 0 Å². The molecule has 0 amide bonds. The molecule has 0 unspecified atom stereocenters. The minimum absolute atomic E-state index is 0.0286. The summed E-state index contributed by atoms with van der Waals surface area (Å²) in [6.45, 7) is 11.8. The van der Waals surface area contributed by atoms with Crippen LogP contribution in [0, 0.1) is 17.3 Å². The van der Waals surface area contributed by atoms with E-state index < -0.39 is 11.8 Å². The van der Waals surface area contributed by atoms with E-state index in [-0.39, 0.29) is 11.8 Å². The van der Waals surface area contributed by atoms with Crippen molar-refractivity contribution in [2.24, 2.45) is 17.3 Å². The van der Waals surface area contributed by atoms with E-state index in [9.17, 15) is 8.78 Å². The smallest absolute Gasteiger partial charge is 0.207 e. The Morgan fingerprint density at radius 2 is 1.33 bits per heavy atom. The first-order chi connectivity index (χ1) is 6.59. The molecule has 0 rings (SSSR count). The predicted molar refractivity (Wildman–Crippen MR) is 62.3 cm³/mol. The van der Waals surface area contributed by atoms with Gasteiger partial charge in [0.1, 0.15) is 0 Å². The zero-order valence-corrected chi connectivity index (χ0v) is 11.0. The fraction of sp³-hybridized carbons (Fsp3) is 1.00. The monoisotopic (exact) mass is 220 g/mol. The van der Waals surface area contributed by atoms with Crippen LogP contribution < -0.4 is 0 Å². The highest BCUT2D eigenvalue weighted by molar-refractivity contribution is 4.76. The quantitative estimate of drug-likeness (QED) is 0.582. The van der Waals surface area contributed by atoms with Crippen molar-refractivity contribution < 1.29 is 8.78 Å². The standard InChI is InChI=1S/C13H26F2/c1-10(2)12(5,6)8-7-9-13(14,15)11(3)4/h10-11H,7-9H2,1-6H3. The van der Waals surface area contributed by atoms with Gasteiger partial charge >= 0.3 is 0 Å². The first kappa shape index (κ1) is 14.9. The van der Waals surface area contributed by atoms with Crippen molar-refractivity contribution >= 4 is 0 Å². The van der Waals surface area contributed by atoms with Crippen molar-refractivity contribution in [2.75, 3.05) is 0 Å².